The van der Waals surface area contributed by atoms with E-state index in [9.17, 15) is 18.5 Å². The minimum absolute atomic E-state index is 0.0611. The molecule has 0 radical (unpaired) electrons. The molecule has 1 saturated carbocycles. The summed E-state index contributed by atoms with van der Waals surface area (Å²) in [6.45, 7) is 0.653. The molecule has 4 rings (SSSR count). The van der Waals surface area contributed by atoms with Gasteiger partial charge in [0.1, 0.15) is 10.6 Å². The Kier molecular flexibility index (Phi) is 3.02. The molecule has 0 amide bonds. The molecule has 2 aliphatic rings. The number of para-hydroxylation sites is 2. The summed E-state index contributed by atoms with van der Waals surface area (Å²) < 4.78 is 24.0. The number of hydrogen-bond acceptors (Lipinski definition) is 5. The highest BCUT2D eigenvalue weighted by molar-refractivity contribution is 7.90. The number of nitro benzene ring substituents is 1. The van der Waals surface area contributed by atoms with Crippen LogP contribution in [0.5, 0.6) is 0 Å². The molecule has 1 fully saturated rings. The first-order valence-electron chi connectivity index (χ1n) is 7.68. The van der Waals surface area contributed by atoms with Gasteiger partial charge in [0.2, 0.25) is 0 Å². The zero-order valence-electron chi connectivity index (χ0n) is 13.1. The van der Waals surface area contributed by atoms with Crippen LogP contribution in [-0.4, -0.2) is 26.1 Å². The van der Waals surface area contributed by atoms with Crippen LogP contribution in [0.4, 0.5) is 17.1 Å². The van der Waals surface area contributed by atoms with E-state index in [4.69, 9.17) is 0 Å². The lowest BCUT2D eigenvalue weighted by Gasteiger charge is -2.20. The quantitative estimate of drug-likeness (QED) is 0.631. The first-order chi connectivity index (χ1) is 11.3. The number of fused-ring (bicyclic) bond motifs is 2. The van der Waals surface area contributed by atoms with Crippen molar-refractivity contribution in [2.24, 2.45) is 0 Å². The first-order valence-corrected chi connectivity index (χ1v) is 9.57. The Morgan fingerprint density at radius 2 is 1.75 bits per heavy atom. The minimum Gasteiger partial charge on any atom is -0.335 e. The molecule has 1 aliphatic heterocycles. The zero-order valence-corrected chi connectivity index (χ0v) is 13.9. The van der Waals surface area contributed by atoms with E-state index in [0.717, 1.165) is 24.8 Å². The van der Waals surface area contributed by atoms with E-state index in [1.165, 1.54) is 11.6 Å². The number of benzene rings is 2. The number of nitro groups is 1. The van der Waals surface area contributed by atoms with E-state index in [1.54, 1.807) is 12.1 Å². The molecule has 7 heteroatoms. The summed E-state index contributed by atoms with van der Waals surface area (Å²) in [5.74, 6) is 0. The van der Waals surface area contributed by atoms with Gasteiger partial charge in [-0.1, -0.05) is 24.3 Å². The fourth-order valence-corrected chi connectivity index (χ4v) is 4.49. The monoisotopic (exact) mass is 344 g/mol. The molecule has 0 bridgehead atoms. The summed E-state index contributed by atoms with van der Waals surface area (Å²) >= 11 is 0. The highest BCUT2D eigenvalue weighted by atomic mass is 32.2. The van der Waals surface area contributed by atoms with Crippen LogP contribution in [0.15, 0.2) is 47.4 Å². The van der Waals surface area contributed by atoms with Crippen molar-refractivity contribution in [1.82, 2.24) is 0 Å². The Hall–Kier alpha value is -2.41. The van der Waals surface area contributed by atoms with Crippen molar-refractivity contribution in [2.45, 2.75) is 23.2 Å². The molecule has 1 heterocycles. The standard InChI is InChI=1S/C17H16N2O4S/c1-24(22,23)15-8-4-7-14(16(15)19(20)21)18-11-17(9-10-17)12-5-2-3-6-13(12)18/h2-8H,9-11H2,1H3. The molecule has 1 spiro atoms. The number of nitrogens with zero attached hydrogens (tertiary/aromatic N) is 2. The van der Waals surface area contributed by atoms with Crippen LogP contribution < -0.4 is 4.90 Å². The van der Waals surface area contributed by atoms with Gasteiger partial charge in [0.05, 0.1) is 4.92 Å². The topological polar surface area (TPSA) is 80.5 Å². The molecule has 24 heavy (non-hydrogen) atoms. The van der Waals surface area contributed by atoms with Crippen molar-refractivity contribution in [1.29, 1.82) is 0 Å². The molecule has 1 aliphatic carbocycles. The van der Waals surface area contributed by atoms with E-state index < -0.39 is 14.8 Å². The summed E-state index contributed by atoms with van der Waals surface area (Å²) in [5.41, 5.74) is 2.20. The molecule has 0 atom stereocenters. The maximum atomic E-state index is 12.0. The van der Waals surface area contributed by atoms with Gasteiger partial charge >= 0.3 is 5.69 Å². The lowest BCUT2D eigenvalue weighted by atomic mass is 9.99. The first kappa shape index (κ1) is 15.1. The predicted molar refractivity (Wildman–Crippen MR) is 90.6 cm³/mol. The Bertz CT molecular complexity index is 964. The van der Waals surface area contributed by atoms with Gasteiger partial charge in [-0.3, -0.25) is 10.1 Å². The van der Waals surface area contributed by atoms with Crippen LogP contribution in [0.1, 0.15) is 18.4 Å². The van der Waals surface area contributed by atoms with Crippen molar-refractivity contribution in [3.8, 4) is 0 Å². The van der Waals surface area contributed by atoms with E-state index in [0.29, 0.717) is 12.2 Å². The Balaban J connectivity index is 1.95. The van der Waals surface area contributed by atoms with Crippen molar-refractivity contribution in [3.05, 3.63) is 58.1 Å². The third kappa shape index (κ3) is 2.11. The van der Waals surface area contributed by atoms with Crippen LogP contribution in [-0.2, 0) is 15.3 Å². The van der Waals surface area contributed by atoms with Crippen molar-refractivity contribution >= 4 is 26.9 Å². The van der Waals surface area contributed by atoms with Gasteiger partial charge in [-0.05, 0) is 36.6 Å². The second kappa shape index (κ2) is 4.80. The van der Waals surface area contributed by atoms with E-state index in [-0.39, 0.29) is 16.0 Å². The van der Waals surface area contributed by atoms with Crippen molar-refractivity contribution in [3.63, 3.8) is 0 Å². The van der Waals surface area contributed by atoms with Gasteiger partial charge in [-0.2, -0.15) is 0 Å². The Labute approximate surface area is 139 Å². The van der Waals surface area contributed by atoms with Gasteiger partial charge in [0.25, 0.3) is 0 Å². The van der Waals surface area contributed by atoms with E-state index in [2.05, 4.69) is 6.07 Å². The van der Waals surface area contributed by atoms with Crippen LogP contribution >= 0.6 is 0 Å². The average molecular weight is 344 g/mol. The summed E-state index contributed by atoms with van der Waals surface area (Å²) in [6, 6.07) is 12.4. The summed E-state index contributed by atoms with van der Waals surface area (Å²) in [7, 11) is -3.69. The summed E-state index contributed by atoms with van der Waals surface area (Å²) in [5, 5.41) is 11.6. The molecule has 0 unspecified atom stereocenters. The normalized spacial score (nSPS) is 17.8. The van der Waals surface area contributed by atoms with Gasteiger partial charge in [-0.15, -0.1) is 0 Å². The number of anilines is 2. The molecule has 0 aromatic heterocycles. The van der Waals surface area contributed by atoms with Crippen molar-refractivity contribution in [2.75, 3.05) is 17.7 Å². The predicted octanol–water partition coefficient (Wildman–Crippen LogP) is 3.18. The maximum absolute atomic E-state index is 12.0. The molecule has 2 aromatic carbocycles. The second-order valence-electron chi connectivity index (χ2n) is 6.54. The smallest absolute Gasteiger partial charge is 0.311 e. The summed E-state index contributed by atoms with van der Waals surface area (Å²) in [6.07, 6.45) is 3.11. The zero-order chi connectivity index (χ0) is 17.1. The molecular weight excluding hydrogens is 328 g/mol. The molecule has 0 N–H and O–H groups in total. The average Bonchev–Trinajstić information content (AvgIpc) is 3.24. The van der Waals surface area contributed by atoms with Gasteiger partial charge < -0.3 is 4.90 Å². The largest absolute Gasteiger partial charge is 0.335 e. The maximum Gasteiger partial charge on any atom is 0.311 e. The van der Waals surface area contributed by atoms with Crippen molar-refractivity contribution < 1.29 is 13.3 Å². The van der Waals surface area contributed by atoms with Crippen LogP contribution in [0.25, 0.3) is 0 Å². The number of rotatable bonds is 3. The third-order valence-electron chi connectivity index (χ3n) is 4.93. The highest BCUT2D eigenvalue weighted by Crippen LogP contribution is 2.58. The van der Waals surface area contributed by atoms with Crippen LogP contribution in [0, 0.1) is 10.1 Å². The molecule has 6 nitrogen and oxygen atoms in total. The minimum atomic E-state index is -3.69. The SMILES string of the molecule is CS(=O)(=O)c1cccc(N2CC3(CC3)c3ccccc32)c1[N+](=O)[O-]. The fourth-order valence-electron chi connectivity index (χ4n) is 3.64. The van der Waals surface area contributed by atoms with Crippen LogP contribution in [0.3, 0.4) is 0 Å². The lowest BCUT2D eigenvalue weighted by Crippen LogP contribution is -2.20. The molecular formula is C17H16N2O4S. The van der Waals surface area contributed by atoms with Gasteiger partial charge in [-0.25, -0.2) is 8.42 Å². The Morgan fingerprint density at radius 3 is 2.38 bits per heavy atom. The molecule has 2 aromatic rings. The summed E-state index contributed by atoms with van der Waals surface area (Å²) in [4.78, 5) is 12.7. The van der Waals surface area contributed by atoms with E-state index >= 15 is 0 Å². The highest BCUT2D eigenvalue weighted by Gasteiger charge is 2.52. The lowest BCUT2D eigenvalue weighted by molar-refractivity contribution is -0.387. The van der Waals surface area contributed by atoms with E-state index in [1.807, 2.05) is 23.1 Å². The molecule has 0 saturated heterocycles. The Morgan fingerprint density at radius 1 is 1.08 bits per heavy atom. The van der Waals surface area contributed by atoms with Gasteiger partial charge in [0, 0.05) is 23.9 Å². The second-order valence-corrected chi connectivity index (χ2v) is 8.52. The van der Waals surface area contributed by atoms with Crippen LogP contribution in [0.2, 0.25) is 0 Å². The number of sulfone groups is 1. The van der Waals surface area contributed by atoms with Gasteiger partial charge in [0.15, 0.2) is 9.84 Å². The number of hydrogen-bond donors (Lipinski definition) is 0. The molecule has 124 valence electrons. The fraction of sp³-hybridized carbons (Fsp3) is 0.294. The third-order valence-corrected chi connectivity index (χ3v) is 6.06.